The Hall–Kier alpha value is -1.48. The highest BCUT2D eigenvalue weighted by Crippen LogP contribution is 2.17. The summed E-state index contributed by atoms with van der Waals surface area (Å²) in [7, 11) is 3.41. The van der Waals surface area contributed by atoms with Crippen molar-refractivity contribution in [3.05, 3.63) is 46.7 Å². The third-order valence-electron chi connectivity index (χ3n) is 3.19. The Labute approximate surface area is 164 Å². The molecule has 0 aliphatic rings. The molecule has 0 aliphatic heterocycles. The molecular formula is C17H24IN3O2S. The zero-order chi connectivity index (χ0) is 16.5. The summed E-state index contributed by atoms with van der Waals surface area (Å²) in [5.41, 5.74) is 0. The predicted molar refractivity (Wildman–Crippen MR) is 111 cm³/mol. The van der Waals surface area contributed by atoms with Gasteiger partial charge in [-0.25, -0.2) is 0 Å². The standard InChI is InChI=1S/C17H23N3O2S.HI/c1-13(22-15-8-6-14(21-3)7-9-15)11-19-17(18-2)20-12-16-5-4-10-23-16;/h4-10,13H,11-12H2,1-3H3,(H2,18,19,20);1H. The molecule has 0 saturated carbocycles. The molecule has 0 bridgehead atoms. The van der Waals surface area contributed by atoms with E-state index in [4.69, 9.17) is 9.47 Å². The van der Waals surface area contributed by atoms with E-state index in [0.29, 0.717) is 6.54 Å². The monoisotopic (exact) mass is 461 g/mol. The fourth-order valence-corrected chi connectivity index (χ4v) is 2.62. The lowest BCUT2D eigenvalue weighted by Gasteiger charge is -2.17. The second kappa shape index (κ2) is 11.1. The first-order valence-corrected chi connectivity index (χ1v) is 8.37. The Morgan fingerprint density at radius 2 is 1.88 bits per heavy atom. The van der Waals surface area contributed by atoms with Gasteiger partial charge in [0.1, 0.15) is 17.6 Å². The fourth-order valence-electron chi connectivity index (χ4n) is 1.97. The van der Waals surface area contributed by atoms with Gasteiger partial charge in [0.2, 0.25) is 0 Å². The molecule has 2 N–H and O–H groups in total. The molecule has 1 heterocycles. The molecule has 0 amide bonds. The van der Waals surface area contributed by atoms with Crippen molar-refractivity contribution in [3.63, 3.8) is 0 Å². The molecular weight excluding hydrogens is 437 g/mol. The SMILES string of the molecule is CN=C(NCc1cccs1)NCC(C)Oc1ccc(OC)cc1.I. The number of rotatable bonds is 7. The number of methoxy groups -OCH3 is 1. The number of hydrogen-bond donors (Lipinski definition) is 2. The average molecular weight is 461 g/mol. The molecule has 0 radical (unpaired) electrons. The normalized spacial score (nSPS) is 12.0. The molecule has 24 heavy (non-hydrogen) atoms. The van der Waals surface area contributed by atoms with E-state index in [9.17, 15) is 0 Å². The quantitative estimate of drug-likeness (QED) is 0.377. The highest BCUT2D eigenvalue weighted by Gasteiger charge is 2.06. The Morgan fingerprint density at radius 3 is 2.46 bits per heavy atom. The highest BCUT2D eigenvalue weighted by atomic mass is 127. The highest BCUT2D eigenvalue weighted by molar-refractivity contribution is 14.0. The Kier molecular flexibility index (Phi) is 9.55. The molecule has 0 saturated heterocycles. The second-order valence-electron chi connectivity index (χ2n) is 4.99. The summed E-state index contributed by atoms with van der Waals surface area (Å²) >= 11 is 1.72. The van der Waals surface area contributed by atoms with Gasteiger partial charge in [-0.3, -0.25) is 4.99 Å². The van der Waals surface area contributed by atoms with E-state index in [1.54, 1.807) is 25.5 Å². The van der Waals surface area contributed by atoms with Gasteiger partial charge in [-0.1, -0.05) is 6.07 Å². The van der Waals surface area contributed by atoms with Crippen LogP contribution in [0.3, 0.4) is 0 Å². The fraction of sp³-hybridized carbons (Fsp3) is 0.353. The Balaban J connectivity index is 0.00000288. The lowest BCUT2D eigenvalue weighted by atomic mass is 10.3. The van der Waals surface area contributed by atoms with Gasteiger partial charge < -0.3 is 20.1 Å². The van der Waals surface area contributed by atoms with Crippen LogP contribution in [0, 0.1) is 0 Å². The maximum absolute atomic E-state index is 5.86. The number of guanidine groups is 1. The molecule has 0 fully saturated rings. The van der Waals surface area contributed by atoms with Crippen LogP contribution in [0.4, 0.5) is 0 Å². The number of nitrogens with one attached hydrogen (secondary N) is 2. The van der Waals surface area contributed by atoms with Gasteiger partial charge in [0.05, 0.1) is 20.2 Å². The molecule has 0 spiro atoms. The van der Waals surface area contributed by atoms with E-state index in [1.807, 2.05) is 37.3 Å². The van der Waals surface area contributed by atoms with Gasteiger partial charge in [-0.15, -0.1) is 35.3 Å². The minimum atomic E-state index is 0. The smallest absolute Gasteiger partial charge is 0.191 e. The molecule has 5 nitrogen and oxygen atoms in total. The summed E-state index contributed by atoms with van der Waals surface area (Å²) < 4.78 is 11.0. The van der Waals surface area contributed by atoms with Crippen molar-refractivity contribution in [1.29, 1.82) is 0 Å². The molecule has 7 heteroatoms. The summed E-state index contributed by atoms with van der Waals surface area (Å²) in [6, 6.07) is 11.7. The Bertz CT molecular complexity index is 603. The minimum Gasteiger partial charge on any atom is -0.497 e. The van der Waals surface area contributed by atoms with Crippen LogP contribution in [-0.4, -0.2) is 32.8 Å². The molecule has 1 unspecified atom stereocenters. The van der Waals surface area contributed by atoms with Crippen LogP contribution < -0.4 is 20.1 Å². The van der Waals surface area contributed by atoms with Crippen LogP contribution in [0.5, 0.6) is 11.5 Å². The van der Waals surface area contributed by atoms with E-state index in [2.05, 4.69) is 27.1 Å². The van der Waals surface area contributed by atoms with Gasteiger partial charge in [-0.2, -0.15) is 0 Å². The summed E-state index contributed by atoms with van der Waals surface area (Å²) in [6.45, 7) is 3.45. The zero-order valence-corrected chi connectivity index (χ0v) is 17.3. The van der Waals surface area contributed by atoms with Gasteiger partial charge in [0.15, 0.2) is 5.96 Å². The first-order valence-electron chi connectivity index (χ1n) is 7.49. The molecule has 1 atom stereocenters. The first kappa shape index (κ1) is 20.6. The van der Waals surface area contributed by atoms with Crippen molar-refractivity contribution < 1.29 is 9.47 Å². The van der Waals surface area contributed by atoms with Crippen molar-refractivity contribution >= 4 is 41.3 Å². The van der Waals surface area contributed by atoms with E-state index in [1.165, 1.54) is 4.88 Å². The lowest BCUT2D eigenvalue weighted by molar-refractivity contribution is 0.223. The third-order valence-corrected chi connectivity index (χ3v) is 4.06. The summed E-state index contributed by atoms with van der Waals surface area (Å²) in [4.78, 5) is 5.49. The number of hydrogen-bond acceptors (Lipinski definition) is 4. The topological polar surface area (TPSA) is 54.9 Å². The molecule has 2 rings (SSSR count). The van der Waals surface area contributed by atoms with Crippen LogP contribution >= 0.6 is 35.3 Å². The van der Waals surface area contributed by atoms with Gasteiger partial charge in [-0.05, 0) is 42.6 Å². The van der Waals surface area contributed by atoms with Crippen LogP contribution in [-0.2, 0) is 6.54 Å². The van der Waals surface area contributed by atoms with Gasteiger partial charge in [0, 0.05) is 11.9 Å². The third kappa shape index (κ3) is 6.96. The van der Waals surface area contributed by atoms with Crippen molar-refractivity contribution in [3.8, 4) is 11.5 Å². The molecule has 1 aromatic heterocycles. The van der Waals surface area contributed by atoms with Crippen LogP contribution in [0.2, 0.25) is 0 Å². The molecule has 2 aromatic rings. The maximum Gasteiger partial charge on any atom is 0.191 e. The number of nitrogens with zero attached hydrogens (tertiary/aromatic N) is 1. The van der Waals surface area contributed by atoms with Crippen molar-refractivity contribution in [2.75, 3.05) is 20.7 Å². The van der Waals surface area contributed by atoms with E-state index >= 15 is 0 Å². The van der Waals surface area contributed by atoms with Crippen LogP contribution in [0.15, 0.2) is 46.8 Å². The number of aliphatic imine (C=N–C) groups is 1. The summed E-state index contributed by atoms with van der Waals surface area (Å²) in [6.07, 6.45) is 0.0173. The van der Waals surface area contributed by atoms with Gasteiger partial charge >= 0.3 is 0 Å². The molecule has 1 aromatic carbocycles. The van der Waals surface area contributed by atoms with Crippen molar-refractivity contribution in [1.82, 2.24) is 10.6 Å². The summed E-state index contributed by atoms with van der Waals surface area (Å²) in [5, 5.41) is 8.62. The van der Waals surface area contributed by atoms with Gasteiger partial charge in [0.25, 0.3) is 0 Å². The summed E-state index contributed by atoms with van der Waals surface area (Å²) in [5.74, 6) is 2.41. The average Bonchev–Trinajstić information content (AvgIpc) is 3.09. The van der Waals surface area contributed by atoms with E-state index in [0.717, 1.165) is 24.0 Å². The second-order valence-corrected chi connectivity index (χ2v) is 6.02. The number of thiophene rings is 1. The number of benzene rings is 1. The largest absolute Gasteiger partial charge is 0.497 e. The van der Waals surface area contributed by atoms with Crippen LogP contribution in [0.25, 0.3) is 0 Å². The zero-order valence-electron chi connectivity index (χ0n) is 14.1. The van der Waals surface area contributed by atoms with E-state index in [-0.39, 0.29) is 30.1 Å². The van der Waals surface area contributed by atoms with Crippen LogP contribution in [0.1, 0.15) is 11.8 Å². The number of halogens is 1. The molecule has 0 aliphatic carbocycles. The van der Waals surface area contributed by atoms with E-state index < -0.39 is 0 Å². The molecule has 132 valence electrons. The Morgan fingerprint density at radius 1 is 1.17 bits per heavy atom. The van der Waals surface area contributed by atoms with Crippen molar-refractivity contribution in [2.45, 2.75) is 19.6 Å². The lowest BCUT2D eigenvalue weighted by Crippen LogP contribution is -2.41. The minimum absolute atomic E-state index is 0. The predicted octanol–water partition coefficient (Wildman–Crippen LogP) is 3.51. The van der Waals surface area contributed by atoms with Crippen molar-refractivity contribution in [2.24, 2.45) is 4.99 Å². The number of ether oxygens (including phenoxy) is 2. The first-order chi connectivity index (χ1) is 11.2. The maximum atomic E-state index is 5.86.